The molecule has 3 nitrogen and oxygen atoms in total. The average molecular weight is 200 g/mol. The number of carbonyl (C=O) groups is 1. The van der Waals surface area contributed by atoms with E-state index in [1.807, 2.05) is 0 Å². The van der Waals surface area contributed by atoms with Crippen molar-refractivity contribution in [1.29, 1.82) is 0 Å². The summed E-state index contributed by atoms with van der Waals surface area (Å²) >= 11 is 5.84. The lowest BCUT2D eigenvalue weighted by molar-refractivity contribution is 0.0988. The number of hydrogen-bond acceptors (Lipinski definition) is 3. The lowest BCUT2D eigenvalue weighted by Gasteiger charge is -2.02. The lowest BCUT2D eigenvalue weighted by Crippen LogP contribution is -1.99. The van der Waals surface area contributed by atoms with E-state index in [1.54, 1.807) is 6.92 Å². The van der Waals surface area contributed by atoms with Gasteiger partial charge < -0.3 is 4.74 Å². The summed E-state index contributed by atoms with van der Waals surface area (Å²) in [5.74, 6) is 0.401. The summed E-state index contributed by atoms with van der Waals surface area (Å²) in [6, 6.07) is 1.53. The zero-order chi connectivity index (χ0) is 9.84. The van der Waals surface area contributed by atoms with Crippen molar-refractivity contribution in [2.45, 2.75) is 13.3 Å². The van der Waals surface area contributed by atoms with Gasteiger partial charge in [-0.25, -0.2) is 4.98 Å². The van der Waals surface area contributed by atoms with E-state index < -0.39 is 0 Å². The first kappa shape index (κ1) is 9.99. The van der Waals surface area contributed by atoms with Gasteiger partial charge in [-0.3, -0.25) is 4.79 Å². The Morgan fingerprint density at radius 2 is 2.38 bits per heavy atom. The van der Waals surface area contributed by atoms with Crippen molar-refractivity contribution in [3.63, 3.8) is 0 Å². The molecule has 0 aliphatic rings. The smallest absolute Gasteiger partial charge is 0.214 e. The number of methoxy groups -OCH3 is 1. The highest BCUT2D eigenvalue weighted by molar-refractivity contribution is 6.34. The van der Waals surface area contributed by atoms with Gasteiger partial charge in [-0.05, 0) is 0 Å². The molecule has 0 radical (unpaired) electrons. The Balaban J connectivity index is 3.05. The van der Waals surface area contributed by atoms with E-state index in [1.165, 1.54) is 19.4 Å². The predicted molar refractivity (Wildman–Crippen MR) is 50.4 cm³/mol. The highest BCUT2D eigenvalue weighted by atomic mass is 35.5. The van der Waals surface area contributed by atoms with Crippen molar-refractivity contribution in [3.05, 3.63) is 22.8 Å². The number of nitrogens with zero attached hydrogens (tertiary/aromatic N) is 1. The van der Waals surface area contributed by atoms with Crippen LogP contribution in [0.2, 0.25) is 5.02 Å². The van der Waals surface area contributed by atoms with Gasteiger partial charge in [0, 0.05) is 18.7 Å². The van der Waals surface area contributed by atoms with E-state index in [9.17, 15) is 4.79 Å². The molecule has 1 aromatic heterocycles. The van der Waals surface area contributed by atoms with Crippen molar-refractivity contribution < 1.29 is 9.53 Å². The number of halogens is 1. The molecule has 1 heterocycles. The SMILES string of the molecule is CCC(=O)c1cnc(OC)cc1Cl. The summed E-state index contributed by atoms with van der Waals surface area (Å²) in [7, 11) is 1.50. The van der Waals surface area contributed by atoms with Gasteiger partial charge in [-0.1, -0.05) is 18.5 Å². The molecule has 0 saturated carbocycles. The zero-order valence-electron chi connectivity index (χ0n) is 7.50. The third-order valence-corrected chi connectivity index (χ3v) is 1.97. The Labute approximate surface area is 81.7 Å². The van der Waals surface area contributed by atoms with E-state index in [0.29, 0.717) is 22.9 Å². The fourth-order valence-electron chi connectivity index (χ4n) is 0.921. The van der Waals surface area contributed by atoms with Crippen molar-refractivity contribution in [2.24, 2.45) is 0 Å². The first-order valence-electron chi connectivity index (χ1n) is 3.91. The Morgan fingerprint density at radius 3 is 2.85 bits per heavy atom. The highest BCUT2D eigenvalue weighted by Crippen LogP contribution is 2.20. The van der Waals surface area contributed by atoms with Crippen LogP contribution >= 0.6 is 11.6 Å². The number of hydrogen-bond donors (Lipinski definition) is 0. The Hall–Kier alpha value is -1.09. The summed E-state index contributed by atoms with van der Waals surface area (Å²) in [6.07, 6.45) is 1.86. The molecule has 0 bridgehead atoms. The molecule has 0 aliphatic carbocycles. The number of aromatic nitrogens is 1. The van der Waals surface area contributed by atoms with Crippen LogP contribution in [0.15, 0.2) is 12.3 Å². The number of ketones is 1. The fourth-order valence-corrected chi connectivity index (χ4v) is 1.17. The van der Waals surface area contributed by atoms with Crippen molar-refractivity contribution in [2.75, 3.05) is 7.11 Å². The van der Waals surface area contributed by atoms with Crippen LogP contribution < -0.4 is 4.74 Å². The molecular formula is C9H10ClNO2. The molecule has 0 aliphatic heterocycles. The minimum absolute atomic E-state index is 0.0137. The van der Waals surface area contributed by atoms with E-state index in [2.05, 4.69) is 4.98 Å². The number of Topliss-reactive ketones (excluding diaryl/α,β-unsaturated/α-hetero) is 1. The molecular weight excluding hydrogens is 190 g/mol. The summed E-state index contributed by atoms with van der Waals surface area (Å²) < 4.78 is 4.86. The second-order valence-corrected chi connectivity index (χ2v) is 2.89. The maximum atomic E-state index is 11.3. The van der Waals surface area contributed by atoms with Gasteiger partial charge in [0.15, 0.2) is 5.78 Å². The van der Waals surface area contributed by atoms with Gasteiger partial charge in [-0.15, -0.1) is 0 Å². The number of ether oxygens (including phenoxy) is 1. The van der Waals surface area contributed by atoms with Crippen molar-refractivity contribution in [3.8, 4) is 5.88 Å². The van der Waals surface area contributed by atoms with Crippen LogP contribution in [0.1, 0.15) is 23.7 Å². The van der Waals surface area contributed by atoms with Crippen molar-refractivity contribution >= 4 is 17.4 Å². The van der Waals surface area contributed by atoms with Gasteiger partial charge in [-0.2, -0.15) is 0 Å². The van der Waals surface area contributed by atoms with Gasteiger partial charge in [0.2, 0.25) is 5.88 Å². The van der Waals surface area contributed by atoms with E-state index in [-0.39, 0.29) is 5.78 Å². The van der Waals surface area contributed by atoms with Crippen LogP contribution in [-0.4, -0.2) is 17.9 Å². The van der Waals surface area contributed by atoms with Gasteiger partial charge >= 0.3 is 0 Å². The molecule has 0 spiro atoms. The van der Waals surface area contributed by atoms with Gasteiger partial charge in [0.05, 0.1) is 17.7 Å². The van der Waals surface area contributed by atoms with Crippen LogP contribution in [0, 0.1) is 0 Å². The fraction of sp³-hybridized carbons (Fsp3) is 0.333. The molecule has 0 saturated heterocycles. The molecule has 1 rings (SSSR count). The lowest BCUT2D eigenvalue weighted by atomic mass is 10.1. The molecule has 13 heavy (non-hydrogen) atoms. The molecule has 70 valence electrons. The van der Waals surface area contributed by atoms with E-state index in [4.69, 9.17) is 16.3 Å². The summed E-state index contributed by atoms with van der Waals surface area (Å²) in [5, 5.41) is 0.388. The summed E-state index contributed by atoms with van der Waals surface area (Å²) in [6.45, 7) is 1.78. The van der Waals surface area contributed by atoms with Crippen LogP contribution in [0.4, 0.5) is 0 Å². The van der Waals surface area contributed by atoms with Crippen molar-refractivity contribution in [1.82, 2.24) is 4.98 Å². The maximum Gasteiger partial charge on any atom is 0.214 e. The number of carbonyl (C=O) groups excluding carboxylic acids is 1. The first-order valence-corrected chi connectivity index (χ1v) is 4.29. The third-order valence-electron chi connectivity index (χ3n) is 1.66. The predicted octanol–water partition coefficient (Wildman–Crippen LogP) is 2.34. The van der Waals surface area contributed by atoms with Gasteiger partial charge in [0.25, 0.3) is 0 Å². The molecule has 0 aromatic carbocycles. The minimum Gasteiger partial charge on any atom is -0.481 e. The van der Waals surface area contributed by atoms with Crippen LogP contribution in [0.3, 0.4) is 0 Å². The largest absolute Gasteiger partial charge is 0.481 e. The summed E-state index contributed by atoms with van der Waals surface area (Å²) in [4.78, 5) is 15.2. The second-order valence-electron chi connectivity index (χ2n) is 2.48. The maximum absolute atomic E-state index is 11.3. The molecule has 4 heteroatoms. The summed E-state index contributed by atoms with van der Waals surface area (Å²) in [5.41, 5.74) is 0.449. The molecule has 0 atom stereocenters. The standard InChI is InChI=1S/C9H10ClNO2/c1-3-8(12)6-5-11-9(13-2)4-7(6)10/h4-5H,3H2,1-2H3. The van der Waals surface area contributed by atoms with E-state index in [0.717, 1.165) is 0 Å². The zero-order valence-corrected chi connectivity index (χ0v) is 8.26. The normalized spacial score (nSPS) is 9.77. The number of rotatable bonds is 3. The molecule has 1 aromatic rings. The van der Waals surface area contributed by atoms with Crippen LogP contribution in [0.25, 0.3) is 0 Å². The monoisotopic (exact) mass is 199 g/mol. The van der Waals surface area contributed by atoms with Gasteiger partial charge in [0.1, 0.15) is 0 Å². The molecule has 0 amide bonds. The second kappa shape index (κ2) is 4.23. The molecule has 0 fully saturated rings. The Bertz CT molecular complexity index is 325. The van der Waals surface area contributed by atoms with Crippen LogP contribution in [0.5, 0.6) is 5.88 Å². The first-order chi connectivity index (χ1) is 6.19. The molecule has 0 unspecified atom stereocenters. The quantitative estimate of drug-likeness (QED) is 0.702. The van der Waals surface area contributed by atoms with Crippen LogP contribution in [-0.2, 0) is 0 Å². The Morgan fingerprint density at radius 1 is 1.69 bits per heavy atom. The Kier molecular flexibility index (Phi) is 3.25. The molecule has 0 N–H and O–H groups in total. The highest BCUT2D eigenvalue weighted by Gasteiger charge is 2.09. The minimum atomic E-state index is -0.0137. The van der Waals surface area contributed by atoms with E-state index >= 15 is 0 Å². The number of pyridine rings is 1. The third kappa shape index (κ3) is 2.18. The topological polar surface area (TPSA) is 39.2 Å². The average Bonchev–Trinajstić information content (AvgIpc) is 2.16.